The van der Waals surface area contributed by atoms with Gasteiger partial charge in [-0.2, -0.15) is 0 Å². The first kappa shape index (κ1) is 12.5. The zero-order valence-electron chi connectivity index (χ0n) is 9.93. The third kappa shape index (κ3) is 2.97. The molecule has 4 heteroatoms. The van der Waals surface area contributed by atoms with Gasteiger partial charge in [0.05, 0.1) is 12.6 Å². The molecular formula is C12H18N2O2. The van der Waals surface area contributed by atoms with Crippen LogP contribution in [0.5, 0.6) is 0 Å². The minimum Gasteiger partial charge on any atom is -0.399 e. The molecule has 1 aromatic rings. The summed E-state index contributed by atoms with van der Waals surface area (Å²) in [5.41, 5.74) is 6.83. The highest BCUT2D eigenvalue weighted by molar-refractivity contribution is 5.95. The van der Waals surface area contributed by atoms with E-state index < -0.39 is 0 Å². The van der Waals surface area contributed by atoms with Crippen molar-refractivity contribution in [1.82, 2.24) is 4.90 Å². The summed E-state index contributed by atoms with van der Waals surface area (Å²) in [5, 5.41) is 0. The van der Waals surface area contributed by atoms with Crippen molar-refractivity contribution in [3.63, 3.8) is 0 Å². The molecule has 0 heterocycles. The molecule has 1 amide bonds. The van der Waals surface area contributed by atoms with E-state index in [1.165, 1.54) is 0 Å². The van der Waals surface area contributed by atoms with Crippen molar-refractivity contribution in [3.05, 3.63) is 29.8 Å². The number of hydrogen-bond donors (Lipinski definition) is 1. The maximum atomic E-state index is 12.0. The van der Waals surface area contributed by atoms with Crippen molar-refractivity contribution in [2.45, 2.75) is 13.0 Å². The highest BCUT2D eigenvalue weighted by Crippen LogP contribution is 2.10. The molecule has 0 aliphatic rings. The number of hydrogen-bond acceptors (Lipinski definition) is 3. The van der Waals surface area contributed by atoms with E-state index in [4.69, 9.17) is 10.5 Å². The molecule has 1 unspecified atom stereocenters. The van der Waals surface area contributed by atoms with Gasteiger partial charge in [-0.05, 0) is 25.1 Å². The van der Waals surface area contributed by atoms with E-state index in [1.807, 2.05) is 6.92 Å². The summed E-state index contributed by atoms with van der Waals surface area (Å²) in [5.74, 6) is -0.0446. The molecule has 1 atom stereocenters. The smallest absolute Gasteiger partial charge is 0.253 e. The maximum Gasteiger partial charge on any atom is 0.253 e. The second kappa shape index (κ2) is 5.51. The Morgan fingerprint density at radius 2 is 2.25 bits per heavy atom. The normalized spacial score (nSPS) is 12.2. The third-order valence-electron chi connectivity index (χ3n) is 2.52. The van der Waals surface area contributed by atoms with Crippen LogP contribution in [0.2, 0.25) is 0 Å². The Labute approximate surface area is 96.0 Å². The van der Waals surface area contributed by atoms with Gasteiger partial charge < -0.3 is 15.4 Å². The molecule has 0 aromatic heterocycles. The second-order valence-corrected chi connectivity index (χ2v) is 3.85. The molecule has 0 fully saturated rings. The lowest BCUT2D eigenvalue weighted by atomic mass is 10.1. The summed E-state index contributed by atoms with van der Waals surface area (Å²) in [6, 6.07) is 7.01. The van der Waals surface area contributed by atoms with Gasteiger partial charge in [0, 0.05) is 25.4 Å². The number of nitrogen functional groups attached to an aromatic ring is 1. The van der Waals surface area contributed by atoms with Crippen LogP contribution in [0.3, 0.4) is 0 Å². The summed E-state index contributed by atoms with van der Waals surface area (Å²) in [4.78, 5) is 13.7. The third-order valence-corrected chi connectivity index (χ3v) is 2.52. The monoisotopic (exact) mass is 222 g/mol. The number of carbonyl (C=O) groups is 1. The van der Waals surface area contributed by atoms with E-state index in [-0.39, 0.29) is 11.9 Å². The van der Waals surface area contributed by atoms with Crippen LogP contribution in [0.15, 0.2) is 24.3 Å². The average Bonchev–Trinajstić information content (AvgIpc) is 2.27. The summed E-state index contributed by atoms with van der Waals surface area (Å²) < 4.78 is 5.02. The molecule has 2 N–H and O–H groups in total. The predicted octanol–water partition coefficient (Wildman–Crippen LogP) is 1.38. The van der Waals surface area contributed by atoms with Crippen molar-refractivity contribution in [3.8, 4) is 0 Å². The zero-order chi connectivity index (χ0) is 12.1. The Bertz CT molecular complexity index is 366. The van der Waals surface area contributed by atoms with Crippen LogP contribution in [0.25, 0.3) is 0 Å². The van der Waals surface area contributed by atoms with E-state index in [9.17, 15) is 4.79 Å². The molecular weight excluding hydrogens is 204 g/mol. The largest absolute Gasteiger partial charge is 0.399 e. The highest BCUT2D eigenvalue weighted by atomic mass is 16.5. The number of ether oxygens (including phenoxy) is 1. The fraction of sp³-hybridized carbons (Fsp3) is 0.417. The first-order valence-electron chi connectivity index (χ1n) is 5.18. The summed E-state index contributed by atoms with van der Waals surface area (Å²) in [7, 11) is 3.38. The van der Waals surface area contributed by atoms with Crippen LogP contribution in [0.1, 0.15) is 17.3 Å². The van der Waals surface area contributed by atoms with Crippen molar-refractivity contribution < 1.29 is 9.53 Å². The Balaban J connectivity index is 2.77. The number of anilines is 1. The fourth-order valence-corrected chi connectivity index (χ4v) is 1.43. The van der Waals surface area contributed by atoms with Gasteiger partial charge in [0.1, 0.15) is 0 Å². The van der Waals surface area contributed by atoms with Gasteiger partial charge in [0.15, 0.2) is 0 Å². The standard InChI is InChI=1S/C12H18N2O2/c1-9(8-16-3)14(2)12(15)10-5-4-6-11(13)7-10/h4-7,9H,8,13H2,1-3H3. The Kier molecular flexibility index (Phi) is 4.31. The lowest BCUT2D eigenvalue weighted by Gasteiger charge is -2.24. The van der Waals surface area contributed by atoms with Crippen molar-refractivity contribution in [1.29, 1.82) is 0 Å². The molecule has 16 heavy (non-hydrogen) atoms. The van der Waals surface area contributed by atoms with Gasteiger partial charge in [0.2, 0.25) is 0 Å². The summed E-state index contributed by atoms with van der Waals surface area (Å²) in [6.07, 6.45) is 0. The molecule has 0 aliphatic heterocycles. The fourth-order valence-electron chi connectivity index (χ4n) is 1.43. The Morgan fingerprint density at radius 3 is 2.81 bits per heavy atom. The van der Waals surface area contributed by atoms with E-state index in [2.05, 4.69) is 0 Å². The number of methoxy groups -OCH3 is 1. The number of benzene rings is 1. The minimum absolute atomic E-state index is 0.0407. The lowest BCUT2D eigenvalue weighted by Crippen LogP contribution is -2.37. The van der Waals surface area contributed by atoms with Crippen molar-refractivity contribution in [2.24, 2.45) is 0 Å². The number of rotatable bonds is 4. The van der Waals surface area contributed by atoms with Crippen LogP contribution in [-0.2, 0) is 4.74 Å². The minimum atomic E-state index is -0.0446. The van der Waals surface area contributed by atoms with Crippen LogP contribution in [0, 0.1) is 0 Å². The van der Waals surface area contributed by atoms with Gasteiger partial charge in [-0.3, -0.25) is 4.79 Å². The van der Waals surface area contributed by atoms with E-state index in [0.29, 0.717) is 17.9 Å². The molecule has 0 saturated carbocycles. The van der Waals surface area contributed by atoms with Crippen LogP contribution >= 0.6 is 0 Å². The number of nitrogens with two attached hydrogens (primary N) is 1. The molecule has 88 valence electrons. The predicted molar refractivity (Wildman–Crippen MR) is 64.3 cm³/mol. The van der Waals surface area contributed by atoms with Gasteiger partial charge in [0.25, 0.3) is 5.91 Å². The molecule has 0 aliphatic carbocycles. The lowest BCUT2D eigenvalue weighted by molar-refractivity contribution is 0.0633. The maximum absolute atomic E-state index is 12.0. The second-order valence-electron chi connectivity index (χ2n) is 3.85. The highest BCUT2D eigenvalue weighted by Gasteiger charge is 2.17. The first-order chi connectivity index (χ1) is 7.56. The average molecular weight is 222 g/mol. The van der Waals surface area contributed by atoms with Gasteiger partial charge >= 0.3 is 0 Å². The van der Waals surface area contributed by atoms with Crippen LogP contribution < -0.4 is 5.73 Å². The number of carbonyl (C=O) groups excluding carboxylic acids is 1. The molecule has 1 rings (SSSR count). The van der Waals surface area contributed by atoms with Crippen molar-refractivity contribution >= 4 is 11.6 Å². The molecule has 0 radical (unpaired) electrons. The first-order valence-corrected chi connectivity index (χ1v) is 5.18. The molecule has 1 aromatic carbocycles. The van der Waals surface area contributed by atoms with E-state index >= 15 is 0 Å². The van der Waals surface area contributed by atoms with Crippen LogP contribution in [0.4, 0.5) is 5.69 Å². The quantitative estimate of drug-likeness (QED) is 0.783. The number of likely N-dealkylation sites (N-methyl/N-ethyl adjacent to an activating group) is 1. The Morgan fingerprint density at radius 1 is 1.56 bits per heavy atom. The molecule has 0 bridgehead atoms. The van der Waals surface area contributed by atoms with E-state index in [0.717, 1.165) is 0 Å². The summed E-state index contributed by atoms with van der Waals surface area (Å²) in [6.45, 7) is 2.46. The molecule has 0 saturated heterocycles. The topological polar surface area (TPSA) is 55.6 Å². The number of amides is 1. The van der Waals surface area contributed by atoms with Crippen LogP contribution in [-0.4, -0.2) is 37.6 Å². The number of nitrogens with zero attached hydrogens (tertiary/aromatic N) is 1. The molecule has 0 spiro atoms. The molecule has 4 nitrogen and oxygen atoms in total. The van der Waals surface area contributed by atoms with Gasteiger partial charge in [-0.1, -0.05) is 6.07 Å². The summed E-state index contributed by atoms with van der Waals surface area (Å²) >= 11 is 0. The van der Waals surface area contributed by atoms with Gasteiger partial charge in [-0.25, -0.2) is 0 Å². The van der Waals surface area contributed by atoms with E-state index in [1.54, 1.807) is 43.3 Å². The SMILES string of the molecule is COCC(C)N(C)C(=O)c1cccc(N)c1. The van der Waals surface area contributed by atoms with Crippen molar-refractivity contribution in [2.75, 3.05) is 26.5 Å². The van der Waals surface area contributed by atoms with Gasteiger partial charge in [-0.15, -0.1) is 0 Å². The Hall–Kier alpha value is -1.55. The zero-order valence-corrected chi connectivity index (χ0v) is 9.93.